The number of aliphatic hydroxyl groups is 1. The number of rotatable bonds is 4. The molecular formula is C23H31NO7. The van der Waals surface area contributed by atoms with Gasteiger partial charge in [-0.2, -0.15) is 0 Å². The Labute approximate surface area is 182 Å². The first-order valence-electron chi connectivity index (χ1n) is 11.0. The second kappa shape index (κ2) is 8.76. The van der Waals surface area contributed by atoms with Crippen LogP contribution < -0.4 is 0 Å². The zero-order chi connectivity index (χ0) is 22.1. The molecule has 1 saturated carbocycles. The minimum absolute atomic E-state index is 0.128. The van der Waals surface area contributed by atoms with Crippen molar-refractivity contribution in [3.05, 3.63) is 29.8 Å². The maximum atomic E-state index is 13.1. The number of phenols is 1. The maximum absolute atomic E-state index is 13.1. The summed E-state index contributed by atoms with van der Waals surface area (Å²) in [6.07, 6.45) is 3.69. The molecule has 0 aromatic heterocycles. The van der Waals surface area contributed by atoms with Gasteiger partial charge < -0.3 is 29.3 Å². The van der Waals surface area contributed by atoms with Gasteiger partial charge >= 0.3 is 5.97 Å². The number of aliphatic hydroxyl groups excluding tert-OH is 1. The summed E-state index contributed by atoms with van der Waals surface area (Å²) in [6, 6.07) is 5.68. The predicted molar refractivity (Wildman–Crippen MR) is 110 cm³/mol. The number of ether oxygens (including phenoxy) is 3. The Bertz CT molecular complexity index is 791. The van der Waals surface area contributed by atoms with Gasteiger partial charge in [-0.05, 0) is 43.4 Å². The molecule has 2 N–H and O–H groups in total. The third kappa shape index (κ3) is 4.29. The van der Waals surface area contributed by atoms with E-state index in [1.54, 1.807) is 29.2 Å². The second-order valence-electron chi connectivity index (χ2n) is 8.88. The largest absolute Gasteiger partial charge is 0.508 e. The van der Waals surface area contributed by atoms with E-state index < -0.39 is 35.3 Å². The lowest BCUT2D eigenvalue weighted by Crippen LogP contribution is -2.59. The van der Waals surface area contributed by atoms with Gasteiger partial charge in [-0.25, -0.2) is 4.79 Å². The molecule has 1 aromatic rings. The third-order valence-electron chi connectivity index (χ3n) is 6.97. The molecule has 8 nitrogen and oxygen atoms in total. The van der Waals surface area contributed by atoms with Gasteiger partial charge in [0.1, 0.15) is 17.9 Å². The zero-order valence-electron chi connectivity index (χ0n) is 17.9. The number of carbonyl (C=O) groups is 2. The Balaban J connectivity index is 1.60. The van der Waals surface area contributed by atoms with Gasteiger partial charge in [-0.3, -0.25) is 4.79 Å². The van der Waals surface area contributed by atoms with E-state index in [1.165, 1.54) is 7.11 Å². The summed E-state index contributed by atoms with van der Waals surface area (Å²) in [6.45, 7) is 1.31. The van der Waals surface area contributed by atoms with Gasteiger partial charge in [0.25, 0.3) is 5.91 Å². The number of carbonyl (C=O) groups excluding carboxylic acids is 2. The van der Waals surface area contributed by atoms with E-state index in [0.717, 1.165) is 18.4 Å². The molecule has 1 amide bonds. The Kier molecular flexibility index (Phi) is 6.23. The molecule has 2 atom stereocenters. The van der Waals surface area contributed by atoms with Crippen LogP contribution in [0.5, 0.6) is 5.75 Å². The molecule has 2 spiro atoms. The number of esters is 1. The summed E-state index contributed by atoms with van der Waals surface area (Å²) < 4.78 is 17.2. The molecule has 3 fully saturated rings. The van der Waals surface area contributed by atoms with Gasteiger partial charge in [0, 0.05) is 31.2 Å². The summed E-state index contributed by atoms with van der Waals surface area (Å²) >= 11 is 0. The maximum Gasteiger partial charge on any atom is 0.328 e. The number of hydrogen-bond acceptors (Lipinski definition) is 7. The lowest BCUT2D eigenvalue weighted by Gasteiger charge is -2.49. The first kappa shape index (κ1) is 22.0. The van der Waals surface area contributed by atoms with E-state index in [4.69, 9.17) is 14.2 Å². The van der Waals surface area contributed by atoms with E-state index in [1.807, 2.05) is 0 Å². The number of phenolic OH excluding ortho intramolecular Hbond substituents is 1. The average Bonchev–Trinajstić information content (AvgIpc) is 2.91. The van der Waals surface area contributed by atoms with Gasteiger partial charge in [-0.1, -0.05) is 12.1 Å². The van der Waals surface area contributed by atoms with Crippen molar-refractivity contribution in [2.24, 2.45) is 0 Å². The van der Waals surface area contributed by atoms with Crippen molar-refractivity contribution < 1.29 is 34.0 Å². The van der Waals surface area contributed by atoms with Crippen molar-refractivity contribution in [2.45, 2.75) is 74.8 Å². The van der Waals surface area contributed by atoms with Crippen molar-refractivity contribution in [3.8, 4) is 5.75 Å². The normalized spacial score (nSPS) is 26.1. The lowest BCUT2D eigenvalue weighted by atomic mass is 9.76. The number of methoxy groups -OCH3 is 1. The van der Waals surface area contributed by atoms with Gasteiger partial charge in [0.15, 0.2) is 5.79 Å². The molecule has 2 aliphatic heterocycles. The molecule has 0 radical (unpaired) electrons. The first-order chi connectivity index (χ1) is 14.9. The molecule has 2 saturated heterocycles. The lowest BCUT2D eigenvalue weighted by molar-refractivity contribution is -0.251. The Morgan fingerprint density at radius 2 is 1.77 bits per heavy atom. The number of hydrogen-bond donors (Lipinski definition) is 2. The summed E-state index contributed by atoms with van der Waals surface area (Å²) in [4.78, 5) is 27.4. The summed E-state index contributed by atoms with van der Waals surface area (Å²) in [7, 11) is 1.30. The van der Waals surface area contributed by atoms with Crippen molar-refractivity contribution >= 4 is 11.9 Å². The fourth-order valence-corrected chi connectivity index (χ4v) is 5.29. The molecule has 2 heterocycles. The highest BCUT2D eigenvalue weighted by molar-refractivity contribution is 5.90. The molecule has 0 bridgehead atoms. The summed E-state index contributed by atoms with van der Waals surface area (Å²) in [5.41, 5.74) is 0.150. The molecule has 170 valence electrons. The van der Waals surface area contributed by atoms with Crippen molar-refractivity contribution in [1.82, 2.24) is 4.90 Å². The number of benzene rings is 1. The van der Waals surface area contributed by atoms with Crippen LogP contribution in [-0.4, -0.2) is 70.8 Å². The van der Waals surface area contributed by atoms with Gasteiger partial charge in [-0.15, -0.1) is 0 Å². The Hall–Kier alpha value is -2.16. The molecule has 3 aliphatic rings. The fourth-order valence-electron chi connectivity index (χ4n) is 5.29. The highest BCUT2D eigenvalue weighted by Crippen LogP contribution is 2.48. The standard InChI is InChI=1S/C23H31NO7/c1-29-21(28)18(14-16-4-6-17(25)7-5-16)24-20(27)19(26)15-22(24)8-10-23(11-9-22)30-12-2-3-13-31-23/h4-7,18-19,25-26H,2-3,8-15H2,1H3/t18-,19+/m0/s1. The first-order valence-corrected chi connectivity index (χ1v) is 11.0. The van der Waals surface area contributed by atoms with Gasteiger partial charge in [0.2, 0.25) is 0 Å². The minimum Gasteiger partial charge on any atom is -0.508 e. The van der Waals surface area contributed by atoms with Crippen LogP contribution in [0, 0.1) is 0 Å². The van der Waals surface area contributed by atoms with Crippen molar-refractivity contribution in [2.75, 3.05) is 20.3 Å². The number of aromatic hydroxyl groups is 1. The summed E-state index contributed by atoms with van der Waals surface area (Å²) in [5.74, 6) is -1.46. The predicted octanol–water partition coefficient (Wildman–Crippen LogP) is 1.91. The SMILES string of the molecule is COC(=O)[C@H](Cc1ccc(O)cc1)N1C(=O)[C@H](O)CC12CCC1(CC2)OCCCCO1. The number of nitrogens with zero attached hydrogens (tertiary/aromatic N) is 1. The van der Waals surface area contributed by atoms with Crippen LogP contribution >= 0.6 is 0 Å². The van der Waals surface area contributed by atoms with E-state index in [9.17, 15) is 19.8 Å². The van der Waals surface area contributed by atoms with Gasteiger partial charge in [0.05, 0.1) is 20.3 Å². The van der Waals surface area contributed by atoms with Crippen LogP contribution in [0.15, 0.2) is 24.3 Å². The summed E-state index contributed by atoms with van der Waals surface area (Å²) in [5, 5.41) is 20.1. The second-order valence-corrected chi connectivity index (χ2v) is 8.88. The van der Waals surface area contributed by atoms with Crippen LogP contribution in [0.4, 0.5) is 0 Å². The zero-order valence-corrected chi connectivity index (χ0v) is 17.9. The van der Waals surface area contributed by atoms with Crippen LogP contribution in [0.1, 0.15) is 50.5 Å². The van der Waals surface area contributed by atoms with E-state index in [2.05, 4.69) is 0 Å². The van der Waals surface area contributed by atoms with Crippen molar-refractivity contribution in [1.29, 1.82) is 0 Å². The Morgan fingerprint density at radius 1 is 1.16 bits per heavy atom. The van der Waals surface area contributed by atoms with Crippen LogP contribution in [0.2, 0.25) is 0 Å². The minimum atomic E-state index is -1.14. The molecule has 0 unspecified atom stereocenters. The number of likely N-dealkylation sites (tertiary alicyclic amines) is 1. The molecule has 31 heavy (non-hydrogen) atoms. The molecule has 4 rings (SSSR count). The van der Waals surface area contributed by atoms with E-state index in [0.29, 0.717) is 38.9 Å². The van der Waals surface area contributed by atoms with Crippen LogP contribution in [0.25, 0.3) is 0 Å². The number of amides is 1. The van der Waals surface area contributed by atoms with Crippen LogP contribution in [0.3, 0.4) is 0 Å². The van der Waals surface area contributed by atoms with E-state index >= 15 is 0 Å². The molecule has 8 heteroatoms. The molecule has 1 aromatic carbocycles. The van der Waals surface area contributed by atoms with Crippen molar-refractivity contribution in [3.63, 3.8) is 0 Å². The highest BCUT2D eigenvalue weighted by Gasteiger charge is 2.58. The third-order valence-corrected chi connectivity index (χ3v) is 6.97. The topological polar surface area (TPSA) is 106 Å². The Morgan fingerprint density at radius 3 is 2.35 bits per heavy atom. The smallest absolute Gasteiger partial charge is 0.328 e. The fraction of sp³-hybridized carbons (Fsp3) is 0.652. The average molecular weight is 434 g/mol. The highest BCUT2D eigenvalue weighted by atomic mass is 16.7. The van der Waals surface area contributed by atoms with Crippen LogP contribution in [-0.2, 0) is 30.2 Å². The molecule has 1 aliphatic carbocycles. The van der Waals surface area contributed by atoms with E-state index in [-0.39, 0.29) is 18.6 Å². The monoisotopic (exact) mass is 433 g/mol. The molecular weight excluding hydrogens is 402 g/mol. The quantitative estimate of drug-likeness (QED) is 0.699.